The van der Waals surface area contributed by atoms with Crippen molar-refractivity contribution in [3.63, 3.8) is 0 Å². The molecule has 0 bridgehead atoms. The van der Waals surface area contributed by atoms with Crippen molar-refractivity contribution >= 4 is 34.3 Å². The monoisotopic (exact) mass is 489 g/mol. The van der Waals surface area contributed by atoms with E-state index in [1.807, 2.05) is 0 Å². The summed E-state index contributed by atoms with van der Waals surface area (Å²) in [5.74, 6) is -0.931. The van der Waals surface area contributed by atoms with Crippen LogP contribution in [0.2, 0.25) is 5.02 Å². The number of ether oxygens (including phenoxy) is 1. The van der Waals surface area contributed by atoms with Crippen molar-refractivity contribution in [3.8, 4) is 16.9 Å². The maximum absolute atomic E-state index is 13.4. The fourth-order valence-electron chi connectivity index (χ4n) is 3.59. The molecule has 1 fully saturated rings. The molecule has 34 heavy (non-hydrogen) atoms. The third-order valence-corrected chi connectivity index (χ3v) is 5.53. The number of benzene rings is 2. The van der Waals surface area contributed by atoms with Crippen LogP contribution in [0.15, 0.2) is 48.7 Å². The van der Waals surface area contributed by atoms with E-state index in [4.69, 9.17) is 21.5 Å². The van der Waals surface area contributed by atoms with E-state index in [2.05, 4.69) is 4.98 Å². The lowest BCUT2D eigenvalue weighted by Crippen LogP contribution is -2.44. The number of aliphatic hydroxyl groups excluding tert-OH is 1. The van der Waals surface area contributed by atoms with Gasteiger partial charge in [0.25, 0.3) is 12.2 Å². The molecule has 0 radical (unpaired) electrons. The molecule has 8 nitrogen and oxygen atoms in total. The molecule has 3 N–H and O–H groups in total. The van der Waals surface area contributed by atoms with E-state index >= 15 is 0 Å². The van der Waals surface area contributed by atoms with Crippen molar-refractivity contribution in [1.29, 1.82) is 0 Å². The standard InChI is InChI=1S/C22H20ClFN2O3.C2H5NO2/c23-19-12-14(24)4-6-17(19)16-8-9-25-20-13-15(5-7-18(16)20)29-22(28)21(27)26-10-2-1-3-11-26;1-2(4)3-5/h4-9,12-13,22,28H,1-3,10-11H2;5H,1H3,(H,3,4). The lowest BCUT2D eigenvalue weighted by molar-refractivity contribution is -0.156. The van der Waals surface area contributed by atoms with Crippen LogP contribution in [0.25, 0.3) is 22.0 Å². The van der Waals surface area contributed by atoms with E-state index < -0.39 is 23.9 Å². The first-order chi connectivity index (χ1) is 16.3. The van der Waals surface area contributed by atoms with E-state index in [-0.39, 0.29) is 0 Å². The van der Waals surface area contributed by atoms with Gasteiger partial charge in [-0.2, -0.15) is 0 Å². The van der Waals surface area contributed by atoms with Crippen molar-refractivity contribution in [1.82, 2.24) is 15.4 Å². The summed E-state index contributed by atoms with van der Waals surface area (Å²) in [5.41, 5.74) is 3.49. The van der Waals surface area contributed by atoms with Gasteiger partial charge in [0.1, 0.15) is 11.6 Å². The number of piperidine rings is 1. The van der Waals surface area contributed by atoms with E-state index in [9.17, 15) is 19.1 Å². The molecule has 4 rings (SSSR count). The predicted octanol–water partition coefficient (Wildman–Crippen LogP) is 3.92. The number of fused-ring (bicyclic) bond motifs is 1. The van der Waals surface area contributed by atoms with Crippen molar-refractivity contribution in [2.75, 3.05) is 13.1 Å². The number of halogens is 2. The maximum atomic E-state index is 13.4. The Morgan fingerprint density at radius 3 is 2.47 bits per heavy atom. The fourth-order valence-corrected chi connectivity index (χ4v) is 3.86. The molecule has 1 unspecified atom stereocenters. The Hall–Kier alpha value is -3.27. The third-order valence-electron chi connectivity index (χ3n) is 5.22. The molecule has 2 amide bonds. The van der Waals surface area contributed by atoms with Gasteiger partial charge in [0.2, 0.25) is 5.91 Å². The molecule has 1 atom stereocenters. The molecule has 0 saturated carbocycles. The Bertz CT molecular complexity index is 1170. The Morgan fingerprint density at radius 2 is 1.82 bits per heavy atom. The number of nitrogens with zero attached hydrogens (tertiary/aromatic N) is 2. The van der Waals surface area contributed by atoms with Gasteiger partial charge in [-0.25, -0.2) is 9.87 Å². The number of pyridine rings is 1. The minimum Gasteiger partial charge on any atom is -0.455 e. The summed E-state index contributed by atoms with van der Waals surface area (Å²) < 4.78 is 18.9. The number of likely N-dealkylation sites (tertiary alicyclic amines) is 1. The van der Waals surface area contributed by atoms with Crippen molar-refractivity contribution in [3.05, 3.63) is 59.5 Å². The first kappa shape index (κ1) is 25.4. The highest BCUT2D eigenvalue weighted by molar-refractivity contribution is 6.33. The van der Waals surface area contributed by atoms with Crippen molar-refractivity contribution < 1.29 is 29.0 Å². The van der Waals surface area contributed by atoms with Gasteiger partial charge >= 0.3 is 0 Å². The average Bonchev–Trinajstić information content (AvgIpc) is 2.84. The zero-order chi connectivity index (χ0) is 24.7. The second kappa shape index (κ2) is 11.7. The smallest absolute Gasteiger partial charge is 0.291 e. The van der Waals surface area contributed by atoms with E-state index in [0.717, 1.165) is 30.2 Å². The molecule has 180 valence electrons. The van der Waals surface area contributed by atoms with Gasteiger partial charge in [-0.1, -0.05) is 11.6 Å². The molecule has 2 heterocycles. The van der Waals surface area contributed by atoms with Crippen LogP contribution < -0.4 is 10.2 Å². The number of amides is 2. The largest absolute Gasteiger partial charge is 0.455 e. The highest BCUT2D eigenvalue weighted by Gasteiger charge is 2.25. The normalized spacial score (nSPS) is 14.1. The third kappa shape index (κ3) is 6.40. The lowest BCUT2D eigenvalue weighted by atomic mass is 10.0. The minimum atomic E-state index is -1.56. The van der Waals surface area contributed by atoms with Crippen molar-refractivity contribution in [2.45, 2.75) is 32.5 Å². The predicted molar refractivity (Wildman–Crippen MR) is 125 cm³/mol. The van der Waals surface area contributed by atoms with Gasteiger partial charge in [0, 0.05) is 43.2 Å². The minimum absolute atomic E-state index is 0.306. The topological polar surface area (TPSA) is 112 Å². The summed E-state index contributed by atoms with van der Waals surface area (Å²) in [7, 11) is 0. The quantitative estimate of drug-likeness (QED) is 0.291. The number of nitrogens with one attached hydrogen (secondary N) is 1. The number of hydrogen-bond acceptors (Lipinski definition) is 6. The molecular formula is C24H25ClFN3O5. The van der Waals surface area contributed by atoms with E-state index in [0.29, 0.717) is 34.9 Å². The number of rotatable bonds is 4. The van der Waals surface area contributed by atoms with Gasteiger partial charge in [-0.3, -0.25) is 19.8 Å². The zero-order valence-corrected chi connectivity index (χ0v) is 19.3. The number of carbonyl (C=O) groups is 2. The van der Waals surface area contributed by atoms with Crippen LogP contribution >= 0.6 is 11.6 Å². The van der Waals surface area contributed by atoms with Gasteiger partial charge in [0.15, 0.2) is 0 Å². The Labute approximate surface area is 200 Å². The lowest BCUT2D eigenvalue weighted by Gasteiger charge is -2.28. The molecule has 1 aromatic heterocycles. The number of hydrogen-bond donors (Lipinski definition) is 3. The molecule has 1 aliphatic heterocycles. The average molecular weight is 490 g/mol. The first-order valence-electron chi connectivity index (χ1n) is 10.7. The summed E-state index contributed by atoms with van der Waals surface area (Å²) in [6.45, 7) is 2.50. The highest BCUT2D eigenvalue weighted by Crippen LogP contribution is 2.34. The van der Waals surface area contributed by atoms with Crippen LogP contribution in [0.5, 0.6) is 5.75 Å². The van der Waals surface area contributed by atoms with Gasteiger partial charge in [-0.05, 0) is 61.2 Å². The molecular weight excluding hydrogens is 465 g/mol. The van der Waals surface area contributed by atoms with E-state index in [1.165, 1.54) is 24.5 Å². The van der Waals surface area contributed by atoms with Crippen LogP contribution in [0.4, 0.5) is 4.39 Å². The summed E-state index contributed by atoms with van der Waals surface area (Å²) in [4.78, 5) is 27.8. The van der Waals surface area contributed by atoms with Gasteiger partial charge < -0.3 is 14.7 Å². The molecule has 3 aromatic rings. The Balaban J connectivity index is 0.000000588. The molecule has 2 aromatic carbocycles. The van der Waals surface area contributed by atoms with Crippen LogP contribution in [0, 0.1) is 5.82 Å². The number of aromatic nitrogens is 1. The summed E-state index contributed by atoms with van der Waals surface area (Å²) in [5, 5.41) is 18.9. The second-order valence-corrected chi connectivity index (χ2v) is 8.09. The van der Waals surface area contributed by atoms with Gasteiger partial charge in [-0.15, -0.1) is 0 Å². The fraction of sp³-hybridized carbons (Fsp3) is 0.292. The highest BCUT2D eigenvalue weighted by atomic mass is 35.5. The SMILES string of the molecule is CC(=O)NO.O=C(C(O)Oc1ccc2c(-c3ccc(F)cc3Cl)ccnc2c1)N1CCCCC1. The second-order valence-electron chi connectivity index (χ2n) is 7.69. The molecule has 0 aliphatic carbocycles. The first-order valence-corrected chi connectivity index (χ1v) is 11.1. The summed E-state index contributed by atoms with van der Waals surface area (Å²) in [6.07, 6.45) is 3.04. The molecule has 1 aliphatic rings. The van der Waals surface area contributed by atoms with Crippen LogP contribution in [0.3, 0.4) is 0 Å². The molecule has 10 heteroatoms. The summed E-state index contributed by atoms with van der Waals surface area (Å²) in [6, 6.07) is 11.1. The van der Waals surface area contributed by atoms with E-state index in [1.54, 1.807) is 41.4 Å². The molecule has 1 saturated heterocycles. The van der Waals surface area contributed by atoms with Crippen LogP contribution in [-0.2, 0) is 9.59 Å². The van der Waals surface area contributed by atoms with Gasteiger partial charge in [0.05, 0.1) is 10.5 Å². The maximum Gasteiger partial charge on any atom is 0.291 e. The number of aliphatic hydroxyl groups is 1. The Kier molecular flexibility index (Phi) is 8.75. The number of carbonyl (C=O) groups excluding carboxylic acids is 2. The number of hydroxylamine groups is 1. The zero-order valence-electron chi connectivity index (χ0n) is 18.5. The molecule has 0 spiro atoms. The van der Waals surface area contributed by atoms with Crippen LogP contribution in [0.1, 0.15) is 26.2 Å². The van der Waals surface area contributed by atoms with Crippen molar-refractivity contribution in [2.24, 2.45) is 0 Å². The summed E-state index contributed by atoms with van der Waals surface area (Å²) >= 11 is 6.21. The van der Waals surface area contributed by atoms with Crippen LogP contribution in [-0.4, -0.2) is 51.4 Å². The Morgan fingerprint density at radius 1 is 1.12 bits per heavy atom.